The molecule has 9 heteroatoms. The molecule has 1 fully saturated rings. The van der Waals surface area contributed by atoms with Crippen molar-refractivity contribution >= 4 is 40.3 Å². The fourth-order valence-corrected chi connectivity index (χ4v) is 5.20. The Morgan fingerprint density at radius 1 is 1.17 bits per heavy atom. The maximum Gasteiger partial charge on any atom is 0.323 e. The highest BCUT2D eigenvalue weighted by atomic mass is 127. The van der Waals surface area contributed by atoms with Crippen molar-refractivity contribution < 1.29 is 24.2 Å². The summed E-state index contributed by atoms with van der Waals surface area (Å²) in [5, 5.41) is 18.6. The van der Waals surface area contributed by atoms with Crippen molar-refractivity contribution in [2.45, 2.75) is 38.8 Å². The molecule has 3 aliphatic rings. The number of carbonyl (C=O) groups is 3. The van der Waals surface area contributed by atoms with Gasteiger partial charge in [-0.05, 0) is 52.1 Å². The predicted octanol–water partition coefficient (Wildman–Crippen LogP) is 2.12. The monoisotopic (exact) mass is 511 g/mol. The number of hydrogen-bond acceptors (Lipinski definition) is 6. The Morgan fingerprint density at radius 2 is 1.90 bits per heavy atom. The van der Waals surface area contributed by atoms with Crippen LogP contribution >= 0.6 is 22.6 Å². The molecule has 3 atom stereocenters. The second-order valence-electron chi connectivity index (χ2n) is 8.47. The first-order valence-corrected chi connectivity index (χ1v) is 10.4. The van der Waals surface area contributed by atoms with Gasteiger partial charge >= 0.3 is 6.03 Å². The second kappa shape index (κ2) is 6.89. The molecule has 3 amide bonds. The molecule has 0 radical (unpaired) electrons. The Bertz CT molecular complexity index is 971. The van der Waals surface area contributed by atoms with Crippen LogP contribution in [0.5, 0.6) is 11.5 Å². The van der Waals surface area contributed by atoms with Gasteiger partial charge < -0.3 is 20.5 Å². The first kappa shape index (κ1) is 20.0. The summed E-state index contributed by atoms with van der Waals surface area (Å²) in [4.78, 5) is 37.9. The van der Waals surface area contributed by atoms with Crippen LogP contribution in [0.15, 0.2) is 23.4 Å². The summed E-state index contributed by atoms with van der Waals surface area (Å²) >= 11 is 1.99. The van der Waals surface area contributed by atoms with E-state index in [1.165, 1.54) is 7.11 Å². The molecule has 154 valence electrons. The van der Waals surface area contributed by atoms with Gasteiger partial charge in [0.25, 0.3) is 0 Å². The molecule has 1 aromatic carbocycles. The lowest BCUT2D eigenvalue weighted by Gasteiger charge is -2.46. The summed E-state index contributed by atoms with van der Waals surface area (Å²) in [6, 6.07) is 2.85. The quantitative estimate of drug-likeness (QED) is 0.453. The number of amides is 3. The van der Waals surface area contributed by atoms with E-state index in [-0.39, 0.29) is 22.7 Å². The zero-order chi connectivity index (χ0) is 21.1. The zero-order valence-electron chi connectivity index (χ0n) is 16.3. The van der Waals surface area contributed by atoms with Crippen LogP contribution in [0, 0.1) is 14.9 Å². The molecule has 3 unspecified atom stereocenters. The van der Waals surface area contributed by atoms with Crippen molar-refractivity contribution in [3.05, 3.63) is 32.5 Å². The third kappa shape index (κ3) is 3.34. The number of ether oxygens (including phenoxy) is 1. The average molecular weight is 511 g/mol. The van der Waals surface area contributed by atoms with E-state index < -0.39 is 29.9 Å². The molecule has 1 saturated heterocycles. The van der Waals surface area contributed by atoms with Crippen LogP contribution in [-0.4, -0.2) is 36.1 Å². The number of imide groups is 1. The number of fused-ring (bicyclic) bond motifs is 1. The molecule has 0 spiro atoms. The van der Waals surface area contributed by atoms with Gasteiger partial charge in [-0.1, -0.05) is 13.8 Å². The van der Waals surface area contributed by atoms with Crippen LogP contribution in [0.3, 0.4) is 0 Å². The highest BCUT2D eigenvalue weighted by Gasteiger charge is 2.51. The van der Waals surface area contributed by atoms with Gasteiger partial charge in [-0.25, -0.2) is 4.79 Å². The van der Waals surface area contributed by atoms with Gasteiger partial charge in [-0.15, -0.1) is 0 Å². The fraction of sp³-hybridized carbons (Fsp3) is 0.450. The molecule has 0 aromatic heterocycles. The van der Waals surface area contributed by atoms with Crippen LogP contribution in [-0.2, 0) is 9.59 Å². The van der Waals surface area contributed by atoms with E-state index in [9.17, 15) is 19.5 Å². The van der Waals surface area contributed by atoms with Crippen molar-refractivity contribution in [3.8, 4) is 11.5 Å². The number of Topliss-reactive ketones (excluding diaryl/α,β-unsaturated/α-hetero) is 1. The molecule has 0 saturated carbocycles. The van der Waals surface area contributed by atoms with Gasteiger partial charge in [0.1, 0.15) is 6.17 Å². The molecule has 1 aliphatic carbocycles. The number of carbonyl (C=O) groups excluding carboxylic acids is 3. The second-order valence-corrected chi connectivity index (χ2v) is 9.64. The number of phenolic OH excluding ortho intramolecular Hbond substituents is 1. The van der Waals surface area contributed by atoms with E-state index in [4.69, 9.17) is 4.74 Å². The smallest absolute Gasteiger partial charge is 0.323 e. The fourth-order valence-electron chi connectivity index (χ4n) is 4.58. The summed E-state index contributed by atoms with van der Waals surface area (Å²) in [5.74, 6) is -1.45. The Labute approximate surface area is 181 Å². The predicted molar refractivity (Wildman–Crippen MR) is 112 cm³/mol. The molecule has 29 heavy (non-hydrogen) atoms. The number of rotatable bonds is 2. The van der Waals surface area contributed by atoms with E-state index in [1.54, 1.807) is 12.1 Å². The molecular formula is C20H22IN3O5. The maximum absolute atomic E-state index is 13.2. The topological polar surface area (TPSA) is 117 Å². The van der Waals surface area contributed by atoms with Crippen LogP contribution < -0.4 is 20.7 Å². The van der Waals surface area contributed by atoms with Gasteiger partial charge in [0.15, 0.2) is 17.3 Å². The Balaban J connectivity index is 1.92. The lowest BCUT2D eigenvalue weighted by Crippen LogP contribution is -2.66. The lowest BCUT2D eigenvalue weighted by molar-refractivity contribution is -0.127. The average Bonchev–Trinajstić information content (AvgIpc) is 2.60. The Kier molecular flexibility index (Phi) is 4.75. The summed E-state index contributed by atoms with van der Waals surface area (Å²) < 4.78 is 5.85. The minimum absolute atomic E-state index is 0.00837. The number of phenols is 1. The summed E-state index contributed by atoms with van der Waals surface area (Å²) in [6.45, 7) is 4.05. The first-order chi connectivity index (χ1) is 13.6. The molecule has 4 rings (SSSR count). The molecule has 2 aliphatic heterocycles. The Hall–Kier alpha value is -2.30. The van der Waals surface area contributed by atoms with Crippen molar-refractivity contribution in [2.75, 3.05) is 7.11 Å². The number of allylic oxidation sites excluding steroid dienone is 2. The van der Waals surface area contributed by atoms with E-state index in [0.717, 1.165) is 5.70 Å². The molecular weight excluding hydrogens is 489 g/mol. The third-order valence-corrected chi connectivity index (χ3v) is 6.56. The standard InChI is InChI=1S/C20H22IN3O5/c1-20(2)6-10-14(11(25)7-20)13(8-4-9(21)16(26)12(5-8)29-3)15-17(22-10)23-19(28)24-18(15)27/h4-5,13,15,17,22,26H,6-7H2,1-3H3,(H2,23,24,27,28). The van der Waals surface area contributed by atoms with E-state index in [0.29, 0.717) is 27.5 Å². The van der Waals surface area contributed by atoms with E-state index in [1.807, 2.05) is 36.4 Å². The van der Waals surface area contributed by atoms with Crippen molar-refractivity contribution in [2.24, 2.45) is 11.3 Å². The largest absolute Gasteiger partial charge is 0.504 e. The van der Waals surface area contributed by atoms with Crippen LogP contribution in [0.2, 0.25) is 0 Å². The molecule has 2 heterocycles. The van der Waals surface area contributed by atoms with Crippen LogP contribution in [0.4, 0.5) is 4.79 Å². The third-order valence-electron chi connectivity index (χ3n) is 5.73. The number of halogens is 1. The molecule has 1 aromatic rings. The first-order valence-electron chi connectivity index (χ1n) is 9.32. The minimum Gasteiger partial charge on any atom is -0.504 e. The highest BCUT2D eigenvalue weighted by molar-refractivity contribution is 14.1. The summed E-state index contributed by atoms with van der Waals surface area (Å²) in [6.07, 6.45) is 0.387. The van der Waals surface area contributed by atoms with Crippen molar-refractivity contribution in [3.63, 3.8) is 0 Å². The van der Waals surface area contributed by atoms with Crippen molar-refractivity contribution in [1.82, 2.24) is 16.0 Å². The zero-order valence-corrected chi connectivity index (χ0v) is 18.4. The summed E-state index contributed by atoms with van der Waals surface area (Å²) in [5.41, 5.74) is 1.80. The van der Waals surface area contributed by atoms with Crippen molar-refractivity contribution in [1.29, 1.82) is 0 Å². The van der Waals surface area contributed by atoms with Gasteiger partial charge in [-0.2, -0.15) is 0 Å². The number of urea groups is 1. The lowest BCUT2D eigenvalue weighted by atomic mass is 9.66. The number of hydrogen-bond donors (Lipinski definition) is 4. The SMILES string of the molecule is COc1cc(C2C3=C(CC(C)(C)CC3=O)NC3NC(=O)NC(=O)C32)cc(I)c1O. The van der Waals surface area contributed by atoms with Gasteiger partial charge in [0.2, 0.25) is 5.91 Å². The Morgan fingerprint density at radius 3 is 2.59 bits per heavy atom. The molecule has 8 nitrogen and oxygen atoms in total. The maximum atomic E-state index is 13.2. The number of aromatic hydroxyl groups is 1. The van der Waals surface area contributed by atoms with Gasteiger partial charge in [0, 0.05) is 23.6 Å². The van der Waals surface area contributed by atoms with Gasteiger partial charge in [0.05, 0.1) is 16.6 Å². The normalized spacial score (nSPS) is 28.0. The highest BCUT2D eigenvalue weighted by Crippen LogP contribution is 2.48. The number of ketones is 1. The number of benzene rings is 1. The van der Waals surface area contributed by atoms with E-state index >= 15 is 0 Å². The van der Waals surface area contributed by atoms with Gasteiger partial charge in [-0.3, -0.25) is 14.9 Å². The number of methoxy groups -OCH3 is 1. The van der Waals surface area contributed by atoms with Crippen LogP contribution in [0.1, 0.15) is 38.2 Å². The molecule has 0 bridgehead atoms. The molecule has 4 N–H and O–H groups in total. The minimum atomic E-state index is -0.707. The van der Waals surface area contributed by atoms with E-state index in [2.05, 4.69) is 16.0 Å². The number of nitrogens with one attached hydrogen (secondary N) is 3. The summed E-state index contributed by atoms with van der Waals surface area (Å²) in [7, 11) is 1.45. The van der Waals surface area contributed by atoms with Crippen LogP contribution in [0.25, 0.3) is 0 Å².